The van der Waals surface area contributed by atoms with Crippen molar-refractivity contribution in [3.8, 4) is 5.75 Å². The molecule has 0 aromatic heterocycles. The third-order valence-electron chi connectivity index (χ3n) is 2.56. The second-order valence-electron chi connectivity index (χ2n) is 4.23. The molecule has 0 radical (unpaired) electrons. The van der Waals surface area contributed by atoms with E-state index < -0.39 is 0 Å². The second kappa shape index (κ2) is 4.63. The van der Waals surface area contributed by atoms with Gasteiger partial charge in [-0.3, -0.25) is 4.79 Å². The summed E-state index contributed by atoms with van der Waals surface area (Å²) in [6, 6.07) is 5.08. The molecule has 0 spiro atoms. The average Bonchev–Trinajstić information content (AvgIpc) is 2.23. The van der Waals surface area contributed by atoms with E-state index in [-0.39, 0.29) is 12.0 Å². The SMILES string of the molecule is CN(C)C(=O)c1ccc(OC2COC2)c(N)c1. The van der Waals surface area contributed by atoms with Crippen molar-refractivity contribution >= 4 is 11.6 Å². The summed E-state index contributed by atoms with van der Waals surface area (Å²) in [4.78, 5) is 13.2. The Kier molecular flexibility index (Phi) is 3.19. The molecule has 1 aliphatic rings. The number of amides is 1. The molecule has 0 aliphatic carbocycles. The molecule has 1 amide bonds. The highest BCUT2D eigenvalue weighted by Crippen LogP contribution is 2.25. The summed E-state index contributed by atoms with van der Waals surface area (Å²) in [7, 11) is 3.41. The Morgan fingerprint density at radius 3 is 2.65 bits per heavy atom. The molecule has 5 heteroatoms. The molecule has 92 valence electrons. The maximum atomic E-state index is 11.7. The van der Waals surface area contributed by atoms with E-state index in [2.05, 4.69) is 0 Å². The number of hydrogen-bond acceptors (Lipinski definition) is 4. The molecule has 0 atom stereocenters. The summed E-state index contributed by atoms with van der Waals surface area (Å²) in [6.45, 7) is 1.19. The predicted molar refractivity (Wildman–Crippen MR) is 64.1 cm³/mol. The van der Waals surface area contributed by atoms with Crippen molar-refractivity contribution < 1.29 is 14.3 Å². The number of nitrogens with zero attached hydrogens (tertiary/aromatic N) is 1. The van der Waals surface area contributed by atoms with Crippen LogP contribution in [0, 0.1) is 0 Å². The van der Waals surface area contributed by atoms with E-state index in [9.17, 15) is 4.79 Å². The van der Waals surface area contributed by atoms with Gasteiger partial charge in [-0.15, -0.1) is 0 Å². The van der Waals surface area contributed by atoms with Crippen molar-refractivity contribution in [3.05, 3.63) is 23.8 Å². The van der Waals surface area contributed by atoms with Crippen LogP contribution in [0.15, 0.2) is 18.2 Å². The number of anilines is 1. The van der Waals surface area contributed by atoms with E-state index in [4.69, 9.17) is 15.2 Å². The molecule has 1 aromatic carbocycles. The summed E-state index contributed by atoms with van der Waals surface area (Å²) >= 11 is 0. The van der Waals surface area contributed by atoms with E-state index in [0.717, 1.165) is 0 Å². The van der Waals surface area contributed by atoms with Crippen LogP contribution in [-0.2, 0) is 4.74 Å². The number of benzene rings is 1. The maximum Gasteiger partial charge on any atom is 0.253 e. The zero-order valence-electron chi connectivity index (χ0n) is 9.97. The van der Waals surface area contributed by atoms with Gasteiger partial charge in [0, 0.05) is 19.7 Å². The van der Waals surface area contributed by atoms with E-state index in [1.54, 1.807) is 32.3 Å². The summed E-state index contributed by atoms with van der Waals surface area (Å²) in [5.74, 6) is 0.531. The topological polar surface area (TPSA) is 64.8 Å². The van der Waals surface area contributed by atoms with Gasteiger partial charge < -0.3 is 20.1 Å². The minimum absolute atomic E-state index is 0.0739. The van der Waals surface area contributed by atoms with E-state index in [1.807, 2.05) is 0 Å². The Balaban J connectivity index is 2.13. The van der Waals surface area contributed by atoms with Crippen molar-refractivity contribution in [2.45, 2.75) is 6.10 Å². The highest BCUT2D eigenvalue weighted by molar-refractivity contribution is 5.95. The summed E-state index contributed by atoms with van der Waals surface area (Å²) in [5, 5.41) is 0. The first-order valence-electron chi connectivity index (χ1n) is 5.43. The van der Waals surface area contributed by atoms with Crippen molar-refractivity contribution in [2.24, 2.45) is 0 Å². The van der Waals surface area contributed by atoms with Crippen LogP contribution in [0.5, 0.6) is 5.75 Å². The Hall–Kier alpha value is -1.75. The minimum atomic E-state index is -0.0739. The van der Waals surface area contributed by atoms with Crippen LogP contribution in [0.3, 0.4) is 0 Å². The standard InChI is InChI=1S/C12H16N2O3/c1-14(2)12(15)8-3-4-11(10(13)5-8)17-9-6-16-7-9/h3-5,9H,6-7,13H2,1-2H3. The first kappa shape index (κ1) is 11.7. The molecule has 2 rings (SSSR count). The predicted octanol–water partition coefficient (Wildman–Crippen LogP) is 0.748. The van der Waals surface area contributed by atoms with Crippen molar-refractivity contribution in [2.75, 3.05) is 33.0 Å². The Bertz CT molecular complexity index is 428. The van der Waals surface area contributed by atoms with Crippen LogP contribution in [-0.4, -0.2) is 44.2 Å². The van der Waals surface area contributed by atoms with Crippen molar-refractivity contribution in [1.82, 2.24) is 4.90 Å². The van der Waals surface area contributed by atoms with Gasteiger partial charge in [-0.25, -0.2) is 0 Å². The van der Waals surface area contributed by atoms with Crippen LogP contribution in [0.2, 0.25) is 0 Å². The molecule has 1 saturated heterocycles. The van der Waals surface area contributed by atoms with Crippen LogP contribution in [0.4, 0.5) is 5.69 Å². The summed E-state index contributed by atoms with van der Waals surface area (Å²) < 4.78 is 10.6. The van der Waals surface area contributed by atoms with Crippen LogP contribution < -0.4 is 10.5 Å². The molecule has 1 aliphatic heterocycles. The lowest BCUT2D eigenvalue weighted by molar-refractivity contribution is -0.0793. The number of nitrogens with two attached hydrogens (primary N) is 1. The fourth-order valence-corrected chi connectivity index (χ4v) is 1.51. The molecule has 17 heavy (non-hydrogen) atoms. The first-order valence-corrected chi connectivity index (χ1v) is 5.43. The molecule has 1 aromatic rings. The zero-order chi connectivity index (χ0) is 12.4. The van der Waals surface area contributed by atoms with Gasteiger partial charge in [-0.05, 0) is 18.2 Å². The maximum absolute atomic E-state index is 11.7. The molecule has 5 nitrogen and oxygen atoms in total. The molecule has 2 N–H and O–H groups in total. The fraction of sp³-hybridized carbons (Fsp3) is 0.417. The number of hydrogen-bond donors (Lipinski definition) is 1. The summed E-state index contributed by atoms with van der Waals surface area (Å²) in [6.07, 6.45) is 0.0766. The molecule has 0 bridgehead atoms. The number of carbonyl (C=O) groups is 1. The van der Waals surface area contributed by atoms with Gasteiger partial charge >= 0.3 is 0 Å². The smallest absolute Gasteiger partial charge is 0.253 e. The van der Waals surface area contributed by atoms with Gasteiger partial charge in [0.05, 0.1) is 18.9 Å². The fourth-order valence-electron chi connectivity index (χ4n) is 1.51. The van der Waals surface area contributed by atoms with Crippen LogP contribution in [0.1, 0.15) is 10.4 Å². The lowest BCUT2D eigenvalue weighted by atomic mass is 10.1. The number of ether oxygens (including phenoxy) is 2. The van der Waals surface area contributed by atoms with Gasteiger partial charge in [0.2, 0.25) is 0 Å². The van der Waals surface area contributed by atoms with E-state index in [1.165, 1.54) is 4.90 Å². The average molecular weight is 236 g/mol. The number of nitrogen functional groups attached to an aromatic ring is 1. The Morgan fingerprint density at radius 1 is 1.47 bits per heavy atom. The van der Waals surface area contributed by atoms with E-state index >= 15 is 0 Å². The highest BCUT2D eigenvalue weighted by atomic mass is 16.6. The third-order valence-corrected chi connectivity index (χ3v) is 2.56. The van der Waals surface area contributed by atoms with Gasteiger partial charge in [-0.1, -0.05) is 0 Å². The van der Waals surface area contributed by atoms with Gasteiger partial charge in [-0.2, -0.15) is 0 Å². The molecular weight excluding hydrogens is 220 g/mol. The lowest BCUT2D eigenvalue weighted by Gasteiger charge is -2.27. The highest BCUT2D eigenvalue weighted by Gasteiger charge is 2.21. The zero-order valence-corrected chi connectivity index (χ0v) is 9.97. The third kappa shape index (κ3) is 2.50. The van der Waals surface area contributed by atoms with Gasteiger partial charge in [0.15, 0.2) is 0 Å². The second-order valence-corrected chi connectivity index (χ2v) is 4.23. The Morgan fingerprint density at radius 2 is 2.18 bits per heavy atom. The number of carbonyl (C=O) groups excluding carboxylic acids is 1. The van der Waals surface area contributed by atoms with Crippen LogP contribution in [0.25, 0.3) is 0 Å². The molecular formula is C12H16N2O3. The van der Waals surface area contributed by atoms with Crippen LogP contribution >= 0.6 is 0 Å². The molecule has 0 unspecified atom stereocenters. The monoisotopic (exact) mass is 236 g/mol. The normalized spacial score (nSPS) is 15.2. The Labute approximate surface area is 100 Å². The van der Waals surface area contributed by atoms with E-state index in [0.29, 0.717) is 30.2 Å². The summed E-state index contributed by atoms with van der Waals surface area (Å²) in [5.41, 5.74) is 6.89. The largest absolute Gasteiger partial charge is 0.483 e. The molecule has 1 heterocycles. The van der Waals surface area contributed by atoms with Gasteiger partial charge in [0.1, 0.15) is 11.9 Å². The molecule has 1 fully saturated rings. The first-order chi connectivity index (χ1) is 8.08. The van der Waals surface area contributed by atoms with Gasteiger partial charge in [0.25, 0.3) is 5.91 Å². The lowest BCUT2D eigenvalue weighted by Crippen LogP contribution is -2.38. The number of rotatable bonds is 3. The van der Waals surface area contributed by atoms with Crippen molar-refractivity contribution in [1.29, 1.82) is 0 Å². The molecule has 0 saturated carbocycles. The van der Waals surface area contributed by atoms with Crippen molar-refractivity contribution in [3.63, 3.8) is 0 Å². The quantitative estimate of drug-likeness (QED) is 0.786. The minimum Gasteiger partial charge on any atom is -0.483 e.